The first-order valence-corrected chi connectivity index (χ1v) is 8.87. The lowest BCUT2D eigenvalue weighted by Crippen LogP contribution is -2.21. The molecule has 5 nitrogen and oxygen atoms in total. The fourth-order valence-corrected chi connectivity index (χ4v) is 2.97. The summed E-state index contributed by atoms with van der Waals surface area (Å²) in [5.41, 5.74) is 1.84. The van der Waals surface area contributed by atoms with Crippen molar-refractivity contribution >= 4 is 9.84 Å². The molecule has 2 aromatic rings. The molecule has 22 heavy (non-hydrogen) atoms. The van der Waals surface area contributed by atoms with Crippen LogP contribution in [0.15, 0.2) is 35.5 Å². The zero-order valence-corrected chi connectivity index (χ0v) is 13.7. The second kappa shape index (κ2) is 6.58. The monoisotopic (exact) mass is 325 g/mol. The Labute approximate surface area is 130 Å². The van der Waals surface area contributed by atoms with Gasteiger partial charge in [0.25, 0.3) is 0 Å². The van der Waals surface area contributed by atoms with Crippen LogP contribution in [-0.2, 0) is 23.3 Å². The van der Waals surface area contributed by atoms with Gasteiger partial charge in [0.1, 0.15) is 10.7 Å². The minimum absolute atomic E-state index is 0.0696. The van der Waals surface area contributed by atoms with Gasteiger partial charge in [-0.25, -0.2) is 12.8 Å². The summed E-state index contributed by atoms with van der Waals surface area (Å²) in [6.07, 6.45) is 5.59. The zero-order chi connectivity index (χ0) is 16.3. The highest BCUT2D eigenvalue weighted by atomic mass is 32.2. The van der Waals surface area contributed by atoms with E-state index in [4.69, 9.17) is 0 Å². The standard InChI is InChI=1S/C15H20FN3O2S/c1-11(17-7-6-12-9-18-19(2)10-12)13-4-5-15(14(16)8-13)22(3,20)21/h4-5,8-11,17H,6-7H2,1-3H3/t11-/m0/s1. The summed E-state index contributed by atoms with van der Waals surface area (Å²) in [7, 11) is -1.66. The molecule has 0 radical (unpaired) electrons. The van der Waals surface area contributed by atoms with Crippen molar-refractivity contribution in [2.75, 3.05) is 12.8 Å². The van der Waals surface area contributed by atoms with Crippen LogP contribution in [0.5, 0.6) is 0 Å². The molecule has 0 aliphatic rings. The van der Waals surface area contributed by atoms with Crippen molar-refractivity contribution in [1.82, 2.24) is 15.1 Å². The molecule has 0 amide bonds. The molecule has 0 saturated heterocycles. The van der Waals surface area contributed by atoms with Crippen LogP contribution in [-0.4, -0.2) is 31.0 Å². The van der Waals surface area contributed by atoms with Crippen molar-refractivity contribution in [3.8, 4) is 0 Å². The number of aryl methyl sites for hydroxylation is 1. The Morgan fingerprint density at radius 1 is 1.41 bits per heavy atom. The van der Waals surface area contributed by atoms with Crippen molar-refractivity contribution in [2.24, 2.45) is 7.05 Å². The molecule has 0 aliphatic heterocycles. The van der Waals surface area contributed by atoms with Crippen molar-refractivity contribution < 1.29 is 12.8 Å². The van der Waals surface area contributed by atoms with E-state index in [1.54, 1.807) is 10.7 Å². The van der Waals surface area contributed by atoms with Crippen LogP contribution in [0.1, 0.15) is 24.1 Å². The predicted molar refractivity (Wildman–Crippen MR) is 82.8 cm³/mol. The average molecular weight is 325 g/mol. The second-order valence-electron chi connectivity index (χ2n) is 5.41. The molecule has 0 aliphatic carbocycles. The van der Waals surface area contributed by atoms with Gasteiger partial charge in [-0.3, -0.25) is 4.68 Å². The van der Waals surface area contributed by atoms with E-state index in [-0.39, 0.29) is 10.9 Å². The molecular formula is C15H20FN3O2S. The number of hydrogen-bond acceptors (Lipinski definition) is 4. The van der Waals surface area contributed by atoms with E-state index in [1.165, 1.54) is 12.1 Å². The Kier molecular flexibility index (Phi) is 4.97. The number of hydrogen-bond donors (Lipinski definition) is 1. The molecule has 0 unspecified atom stereocenters. The largest absolute Gasteiger partial charge is 0.310 e. The summed E-state index contributed by atoms with van der Waals surface area (Å²) in [6, 6.07) is 4.17. The van der Waals surface area contributed by atoms with E-state index in [9.17, 15) is 12.8 Å². The molecule has 2 rings (SSSR count). The van der Waals surface area contributed by atoms with E-state index in [2.05, 4.69) is 10.4 Å². The van der Waals surface area contributed by atoms with Crippen LogP contribution in [0.25, 0.3) is 0 Å². The third kappa shape index (κ3) is 4.14. The van der Waals surface area contributed by atoms with Gasteiger partial charge >= 0.3 is 0 Å². The Balaban J connectivity index is 1.98. The van der Waals surface area contributed by atoms with Gasteiger partial charge in [-0.15, -0.1) is 0 Å². The number of nitrogens with zero attached hydrogens (tertiary/aromatic N) is 2. The molecule has 1 aromatic carbocycles. The van der Waals surface area contributed by atoms with Crippen LogP contribution in [0.3, 0.4) is 0 Å². The maximum Gasteiger partial charge on any atom is 0.178 e. The van der Waals surface area contributed by atoms with Crippen LogP contribution in [0.2, 0.25) is 0 Å². The van der Waals surface area contributed by atoms with E-state index >= 15 is 0 Å². The Hall–Kier alpha value is -1.73. The lowest BCUT2D eigenvalue weighted by atomic mass is 10.1. The zero-order valence-electron chi connectivity index (χ0n) is 12.9. The van der Waals surface area contributed by atoms with Crippen molar-refractivity contribution in [3.05, 3.63) is 47.5 Å². The lowest BCUT2D eigenvalue weighted by Gasteiger charge is -2.14. The summed E-state index contributed by atoms with van der Waals surface area (Å²) >= 11 is 0. The quantitative estimate of drug-likeness (QED) is 0.880. The van der Waals surface area contributed by atoms with Gasteiger partial charge in [0.05, 0.1) is 6.20 Å². The topological polar surface area (TPSA) is 64.0 Å². The predicted octanol–water partition coefficient (Wildman–Crippen LogP) is 1.86. The van der Waals surface area contributed by atoms with Gasteiger partial charge in [0.15, 0.2) is 9.84 Å². The van der Waals surface area contributed by atoms with E-state index in [0.29, 0.717) is 0 Å². The lowest BCUT2D eigenvalue weighted by molar-refractivity contribution is 0.551. The normalized spacial score (nSPS) is 13.3. The molecule has 1 N–H and O–H groups in total. The molecule has 1 heterocycles. The van der Waals surface area contributed by atoms with E-state index < -0.39 is 15.7 Å². The molecule has 0 saturated carbocycles. The Morgan fingerprint density at radius 2 is 2.14 bits per heavy atom. The fourth-order valence-electron chi connectivity index (χ4n) is 2.24. The number of benzene rings is 1. The third-order valence-electron chi connectivity index (χ3n) is 3.48. The minimum atomic E-state index is -3.53. The first-order valence-electron chi connectivity index (χ1n) is 6.98. The molecule has 1 aromatic heterocycles. The smallest absolute Gasteiger partial charge is 0.178 e. The maximum atomic E-state index is 13.9. The van der Waals surface area contributed by atoms with E-state index in [0.717, 1.165) is 30.3 Å². The highest BCUT2D eigenvalue weighted by Crippen LogP contribution is 2.20. The Bertz CT molecular complexity index is 756. The fraction of sp³-hybridized carbons (Fsp3) is 0.400. The van der Waals surface area contributed by atoms with Gasteiger partial charge in [-0.1, -0.05) is 6.07 Å². The van der Waals surface area contributed by atoms with Crippen molar-refractivity contribution in [2.45, 2.75) is 24.3 Å². The minimum Gasteiger partial charge on any atom is -0.310 e. The third-order valence-corrected chi connectivity index (χ3v) is 4.61. The van der Waals surface area contributed by atoms with Crippen molar-refractivity contribution in [3.63, 3.8) is 0 Å². The summed E-state index contributed by atoms with van der Waals surface area (Å²) in [5.74, 6) is -0.707. The highest BCUT2D eigenvalue weighted by molar-refractivity contribution is 7.90. The molecule has 7 heteroatoms. The number of sulfone groups is 1. The molecule has 120 valence electrons. The number of rotatable bonds is 6. The molecular weight excluding hydrogens is 305 g/mol. The summed E-state index contributed by atoms with van der Waals surface area (Å²) in [4.78, 5) is -0.265. The van der Waals surface area contributed by atoms with Crippen LogP contribution < -0.4 is 5.32 Å². The SMILES string of the molecule is C[C@H](NCCc1cnn(C)c1)c1ccc(S(C)(=O)=O)c(F)c1. The van der Waals surface area contributed by atoms with Gasteiger partial charge < -0.3 is 5.32 Å². The number of aromatic nitrogens is 2. The van der Waals surface area contributed by atoms with Gasteiger partial charge in [0.2, 0.25) is 0 Å². The van der Waals surface area contributed by atoms with Gasteiger partial charge in [0, 0.05) is 25.5 Å². The first kappa shape index (κ1) is 16.6. The van der Waals surface area contributed by atoms with Gasteiger partial charge in [-0.2, -0.15) is 5.10 Å². The van der Waals surface area contributed by atoms with E-state index in [1.807, 2.05) is 26.4 Å². The van der Waals surface area contributed by atoms with Crippen molar-refractivity contribution in [1.29, 1.82) is 0 Å². The Morgan fingerprint density at radius 3 is 2.68 bits per heavy atom. The molecule has 0 spiro atoms. The summed E-state index contributed by atoms with van der Waals surface area (Å²) in [6.45, 7) is 2.64. The van der Waals surface area contributed by atoms with Gasteiger partial charge in [-0.05, 0) is 43.1 Å². The van der Waals surface area contributed by atoms with Crippen LogP contribution in [0.4, 0.5) is 4.39 Å². The average Bonchev–Trinajstić information content (AvgIpc) is 2.82. The molecule has 0 bridgehead atoms. The highest BCUT2D eigenvalue weighted by Gasteiger charge is 2.15. The summed E-state index contributed by atoms with van der Waals surface area (Å²) in [5, 5.41) is 7.39. The number of nitrogens with one attached hydrogen (secondary N) is 1. The molecule has 0 fully saturated rings. The second-order valence-corrected chi connectivity index (χ2v) is 7.39. The number of halogens is 1. The van der Waals surface area contributed by atoms with Crippen LogP contribution in [0, 0.1) is 5.82 Å². The first-order chi connectivity index (χ1) is 10.3. The molecule has 1 atom stereocenters. The van der Waals surface area contributed by atoms with Crippen LogP contribution >= 0.6 is 0 Å². The maximum absolute atomic E-state index is 13.9. The summed E-state index contributed by atoms with van der Waals surface area (Å²) < 4.78 is 38.4.